The number of aryl methyl sites for hydroxylation is 1. The molecule has 1 saturated heterocycles. The van der Waals surface area contributed by atoms with Crippen molar-refractivity contribution < 1.29 is 9.59 Å². The maximum atomic E-state index is 13.3. The van der Waals surface area contributed by atoms with E-state index in [1.807, 2.05) is 40.7 Å². The summed E-state index contributed by atoms with van der Waals surface area (Å²) in [5.74, 6) is -0.313. The second-order valence-corrected chi connectivity index (χ2v) is 8.26. The van der Waals surface area contributed by atoms with Crippen molar-refractivity contribution in [2.24, 2.45) is 7.05 Å². The van der Waals surface area contributed by atoms with Gasteiger partial charge in [-0.15, -0.1) is 0 Å². The number of nitrogens with one attached hydrogen (secondary N) is 1. The molecule has 2 atom stereocenters. The summed E-state index contributed by atoms with van der Waals surface area (Å²) in [5, 5.41) is 8.67. The molecule has 2 amide bonds. The molecule has 1 fully saturated rings. The van der Waals surface area contributed by atoms with Gasteiger partial charge in [0.15, 0.2) is 0 Å². The van der Waals surface area contributed by atoms with E-state index in [-0.39, 0.29) is 17.4 Å². The van der Waals surface area contributed by atoms with Gasteiger partial charge < -0.3 is 14.8 Å². The Bertz CT molecular complexity index is 1190. The van der Waals surface area contributed by atoms with E-state index in [2.05, 4.69) is 10.4 Å². The lowest BCUT2D eigenvalue weighted by molar-refractivity contribution is -0.137. The smallest absolute Gasteiger partial charge is 0.291 e. The van der Waals surface area contributed by atoms with E-state index in [0.717, 1.165) is 48.6 Å². The molecular formula is C23H29N5O3. The number of rotatable bonds is 5. The predicted octanol–water partition coefficient (Wildman–Crippen LogP) is 2.36. The molecule has 3 aromatic rings. The lowest BCUT2D eigenvalue weighted by Crippen LogP contribution is -2.50. The van der Waals surface area contributed by atoms with Crippen molar-refractivity contribution in [3.63, 3.8) is 0 Å². The average Bonchev–Trinajstić information content (AvgIpc) is 3.12. The van der Waals surface area contributed by atoms with Gasteiger partial charge in [0, 0.05) is 30.9 Å². The highest BCUT2D eigenvalue weighted by atomic mass is 16.2. The first-order valence-corrected chi connectivity index (χ1v) is 11.0. The minimum atomic E-state index is -0.617. The number of amides is 2. The van der Waals surface area contributed by atoms with Gasteiger partial charge in [-0.2, -0.15) is 5.10 Å². The van der Waals surface area contributed by atoms with E-state index in [1.165, 1.54) is 4.68 Å². The molecule has 0 saturated carbocycles. The number of hydrogen-bond donors (Lipinski definition) is 1. The Labute approximate surface area is 180 Å². The fourth-order valence-corrected chi connectivity index (χ4v) is 4.56. The molecule has 0 bridgehead atoms. The lowest BCUT2D eigenvalue weighted by Gasteiger charge is -2.30. The first kappa shape index (κ1) is 21.1. The molecule has 1 N–H and O–H groups in total. The van der Waals surface area contributed by atoms with Gasteiger partial charge in [-0.05, 0) is 38.7 Å². The molecular weight excluding hydrogens is 394 g/mol. The minimum Gasteiger partial charge on any atom is -0.343 e. The van der Waals surface area contributed by atoms with E-state index >= 15 is 0 Å². The maximum absolute atomic E-state index is 13.3. The van der Waals surface area contributed by atoms with Crippen LogP contribution in [0.2, 0.25) is 0 Å². The summed E-state index contributed by atoms with van der Waals surface area (Å²) in [6.45, 7) is 5.13. The molecule has 8 heteroatoms. The second-order valence-electron chi connectivity index (χ2n) is 8.26. The van der Waals surface area contributed by atoms with Gasteiger partial charge in [0.05, 0.1) is 11.7 Å². The summed E-state index contributed by atoms with van der Waals surface area (Å²) in [6, 6.07) is 6.41. The Morgan fingerprint density at radius 1 is 1.13 bits per heavy atom. The molecule has 1 aliphatic rings. The van der Waals surface area contributed by atoms with Crippen LogP contribution in [-0.4, -0.2) is 50.2 Å². The first-order valence-electron chi connectivity index (χ1n) is 11.0. The van der Waals surface area contributed by atoms with Crippen molar-refractivity contribution in [1.29, 1.82) is 0 Å². The highest BCUT2D eigenvalue weighted by molar-refractivity contribution is 6.08. The molecule has 164 valence electrons. The molecule has 1 aliphatic heterocycles. The number of para-hydroxylation sites is 1. The summed E-state index contributed by atoms with van der Waals surface area (Å²) < 4.78 is 3.09. The Hall–Kier alpha value is -3.16. The highest BCUT2D eigenvalue weighted by Gasteiger charge is 2.29. The number of hydrogen-bond acceptors (Lipinski definition) is 4. The third-order valence-corrected chi connectivity index (χ3v) is 6.20. The third kappa shape index (κ3) is 3.71. The zero-order valence-electron chi connectivity index (χ0n) is 18.3. The summed E-state index contributed by atoms with van der Waals surface area (Å²) in [6.07, 6.45) is 5.30. The predicted molar refractivity (Wildman–Crippen MR) is 120 cm³/mol. The normalized spacial score (nSPS) is 16.4. The fraction of sp³-hybridized carbons (Fsp3) is 0.478. The molecule has 0 unspecified atom stereocenters. The van der Waals surface area contributed by atoms with Gasteiger partial charge in [0.2, 0.25) is 11.8 Å². The quantitative estimate of drug-likeness (QED) is 0.682. The van der Waals surface area contributed by atoms with Crippen LogP contribution < -0.4 is 10.9 Å². The summed E-state index contributed by atoms with van der Waals surface area (Å²) >= 11 is 0. The summed E-state index contributed by atoms with van der Waals surface area (Å²) in [7, 11) is 1.60. The van der Waals surface area contributed by atoms with E-state index in [0.29, 0.717) is 11.9 Å². The number of carbonyl (C=O) groups is 2. The van der Waals surface area contributed by atoms with Crippen molar-refractivity contribution in [2.45, 2.75) is 51.6 Å². The summed E-state index contributed by atoms with van der Waals surface area (Å²) in [5.41, 5.74) is 1.01. The first-order chi connectivity index (χ1) is 14.9. The van der Waals surface area contributed by atoms with Crippen molar-refractivity contribution in [2.75, 3.05) is 13.1 Å². The molecule has 4 rings (SSSR count). The number of likely N-dealkylation sites (tertiary alicyclic amines) is 1. The van der Waals surface area contributed by atoms with Crippen LogP contribution in [0.25, 0.3) is 21.8 Å². The van der Waals surface area contributed by atoms with Gasteiger partial charge in [-0.3, -0.25) is 14.4 Å². The topological polar surface area (TPSA) is 89.2 Å². The van der Waals surface area contributed by atoms with Gasteiger partial charge in [-0.25, -0.2) is 4.68 Å². The molecule has 0 spiro atoms. The van der Waals surface area contributed by atoms with Crippen LogP contribution in [0.1, 0.15) is 45.6 Å². The second kappa shape index (κ2) is 8.53. The minimum absolute atomic E-state index is 0.0507. The van der Waals surface area contributed by atoms with Crippen LogP contribution in [0.15, 0.2) is 35.3 Å². The molecule has 0 aliphatic carbocycles. The fourth-order valence-electron chi connectivity index (χ4n) is 4.56. The largest absolute Gasteiger partial charge is 0.343 e. The number of nitrogens with zero attached hydrogens (tertiary/aromatic N) is 4. The number of benzene rings is 1. The zero-order valence-corrected chi connectivity index (χ0v) is 18.3. The number of piperidine rings is 1. The molecule has 2 aromatic heterocycles. The molecule has 8 nitrogen and oxygen atoms in total. The average molecular weight is 424 g/mol. The third-order valence-electron chi connectivity index (χ3n) is 6.20. The maximum Gasteiger partial charge on any atom is 0.291 e. The van der Waals surface area contributed by atoms with Crippen LogP contribution in [0.5, 0.6) is 0 Å². The van der Waals surface area contributed by atoms with Crippen LogP contribution in [0.3, 0.4) is 0 Å². The Kier molecular flexibility index (Phi) is 5.80. The van der Waals surface area contributed by atoms with E-state index in [4.69, 9.17) is 0 Å². The Balaban J connectivity index is 1.71. The molecule has 1 aromatic carbocycles. The monoisotopic (exact) mass is 423 g/mol. The van der Waals surface area contributed by atoms with Crippen LogP contribution >= 0.6 is 0 Å². The van der Waals surface area contributed by atoms with Crippen LogP contribution in [-0.2, 0) is 16.6 Å². The van der Waals surface area contributed by atoms with Crippen LogP contribution in [0, 0.1) is 0 Å². The van der Waals surface area contributed by atoms with Gasteiger partial charge in [-0.1, -0.05) is 25.1 Å². The Morgan fingerprint density at radius 3 is 2.55 bits per heavy atom. The zero-order chi connectivity index (χ0) is 22.1. The van der Waals surface area contributed by atoms with Gasteiger partial charge in [0.1, 0.15) is 17.6 Å². The van der Waals surface area contributed by atoms with Crippen molar-refractivity contribution >= 4 is 33.6 Å². The van der Waals surface area contributed by atoms with Crippen molar-refractivity contribution in [3.8, 4) is 0 Å². The number of fused-ring (bicyclic) bond motifs is 3. The van der Waals surface area contributed by atoms with E-state index in [9.17, 15) is 14.4 Å². The van der Waals surface area contributed by atoms with E-state index < -0.39 is 12.1 Å². The Morgan fingerprint density at radius 2 is 1.84 bits per heavy atom. The number of aromatic nitrogens is 3. The van der Waals surface area contributed by atoms with Crippen molar-refractivity contribution in [1.82, 2.24) is 24.6 Å². The van der Waals surface area contributed by atoms with E-state index in [1.54, 1.807) is 20.2 Å². The number of carbonyl (C=O) groups excluding carboxylic acids is 2. The highest BCUT2D eigenvalue weighted by Crippen LogP contribution is 2.30. The molecule has 3 heterocycles. The SMILES string of the molecule is CC[C@H](C(=O)N[C@@H](C)C(=O)N1CCCCC1)n1c2ccccc2c2cnn(C)c(=O)c21. The summed E-state index contributed by atoms with van der Waals surface area (Å²) in [4.78, 5) is 40.9. The molecule has 31 heavy (non-hydrogen) atoms. The standard InChI is InChI=1S/C23H29N5O3/c1-4-18(21(29)25-15(2)22(30)27-12-8-5-9-13-27)28-19-11-7-6-10-16(19)17-14-24-26(3)23(31)20(17)28/h6-7,10-11,14-15,18H,4-5,8-9,12-13H2,1-3H3,(H,25,29)/t15-,18+/m0/s1. The van der Waals surface area contributed by atoms with Crippen molar-refractivity contribution in [3.05, 3.63) is 40.8 Å². The van der Waals surface area contributed by atoms with Crippen LogP contribution in [0.4, 0.5) is 0 Å². The van der Waals surface area contributed by atoms with Gasteiger partial charge in [0.25, 0.3) is 5.56 Å². The molecule has 0 radical (unpaired) electrons. The van der Waals surface area contributed by atoms with Gasteiger partial charge >= 0.3 is 0 Å². The lowest BCUT2D eigenvalue weighted by atomic mass is 10.1.